The molecular formula is C11H22BrN3OSi. The zero-order valence-corrected chi connectivity index (χ0v) is 13.6. The molecule has 0 rings (SSSR count). The first kappa shape index (κ1) is 16.5. The number of nitrogens with zero attached hydrogens (tertiary/aromatic N) is 1. The molecule has 0 atom stereocenters. The molecule has 0 heterocycles. The molecule has 17 heavy (non-hydrogen) atoms. The smallest absolute Gasteiger partial charge is 0.116 e. The average Bonchev–Trinajstić information content (AvgIpc) is 2.18. The highest BCUT2D eigenvalue weighted by atomic mass is 79.9. The second-order valence-electron chi connectivity index (χ2n) is 4.96. The molecule has 98 valence electrons. The lowest BCUT2D eigenvalue weighted by Gasteiger charge is -2.15. The van der Waals surface area contributed by atoms with Crippen molar-refractivity contribution in [3.8, 4) is 0 Å². The van der Waals surface area contributed by atoms with E-state index in [-0.39, 0.29) is 4.62 Å². The number of nitrogens with one attached hydrogen (secondary N) is 2. The van der Waals surface area contributed by atoms with Gasteiger partial charge in [-0.15, -0.1) is 0 Å². The Morgan fingerprint density at radius 3 is 2.65 bits per heavy atom. The van der Waals surface area contributed by atoms with Crippen molar-refractivity contribution in [3.05, 3.63) is 11.9 Å². The normalized spacial score (nSPS) is 13.1. The van der Waals surface area contributed by atoms with E-state index in [0.717, 1.165) is 12.3 Å². The number of hydrogen-bond donors (Lipinski definition) is 2. The lowest BCUT2D eigenvalue weighted by molar-refractivity contribution is 0.137. The van der Waals surface area contributed by atoms with Gasteiger partial charge in [0.25, 0.3) is 0 Å². The van der Waals surface area contributed by atoms with Gasteiger partial charge >= 0.3 is 0 Å². The van der Waals surface area contributed by atoms with Crippen LogP contribution in [0.25, 0.3) is 0 Å². The number of aliphatic imine (C=N–C) groups is 1. The molecule has 0 aromatic rings. The largest absolute Gasteiger partial charge is 0.367 e. The minimum Gasteiger partial charge on any atom is -0.367 e. The Morgan fingerprint density at radius 2 is 2.12 bits per heavy atom. The highest BCUT2D eigenvalue weighted by molar-refractivity contribution is 9.19. The van der Waals surface area contributed by atoms with Crippen LogP contribution in [0.2, 0.25) is 25.7 Å². The van der Waals surface area contributed by atoms with Gasteiger partial charge in [-0.3, -0.25) is 10.4 Å². The second kappa shape index (κ2) is 8.60. The van der Waals surface area contributed by atoms with Crippen molar-refractivity contribution in [3.63, 3.8) is 0 Å². The first-order chi connectivity index (χ1) is 7.81. The lowest BCUT2D eigenvalue weighted by atomic mass is 10.5. The van der Waals surface area contributed by atoms with Crippen molar-refractivity contribution < 1.29 is 4.74 Å². The van der Waals surface area contributed by atoms with Crippen molar-refractivity contribution in [2.75, 3.05) is 13.3 Å². The first-order valence-electron chi connectivity index (χ1n) is 5.57. The predicted molar refractivity (Wildman–Crippen MR) is 81.0 cm³/mol. The van der Waals surface area contributed by atoms with Crippen LogP contribution in [-0.4, -0.2) is 32.2 Å². The maximum atomic E-state index is 7.11. The fraction of sp³-hybridized carbons (Fsp3) is 0.636. The van der Waals surface area contributed by atoms with Gasteiger partial charge in [0.2, 0.25) is 0 Å². The standard InChI is InChI=1S/C11H22BrN3OSi/c1-10(15-8-11(12)13)7-14-9-16-5-6-17(2,3)4/h7-8,13-14H,5-6,9H2,1-4H3/b10-7-,13-11?,15-8?. The minimum atomic E-state index is -0.985. The third-order valence-electron chi connectivity index (χ3n) is 1.87. The minimum absolute atomic E-state index is 0.261. The molecule has 0 saturated carbocycles. The number of hydrogen-bond acceptors (Lipinski definition) is 4. The molecule has 0 aromatic heterocycles. The first-order valence-corrected chi connectivity index (χ1v) is 10.1. The predicted octanol–water partition coefficient (Wildman–Crippen LogP) is 3.19. The van der Waals surface area contributed by atoms with Crippen LogP contribution in [0.1, 0.15) is 6.92 Å². The van der Waals surface area contributed by atoms with Crippen molar-refractivity contribution >= 4 is 34.8 Å². The third-order valence-corrected chi connectivity index (χ3v) is 3.78. The molecule has 0 saturated heterocycles. The van der Waals surface area contributed by atoms with Crippen LogP contribution in [0.4, 0.5) is 0 Å². The van der Waals surface area contributed by atoms with Crippen molar-refractivity contribution in [2.45, 2.75) is 32.6 Å². The van der Waals surface area contributed by atoms with Gasteiger partial charge in [-0.2, -0.15) is 0 Å². The van der Waals surface area contributed by atoms with Crippen LogP contribution in [0.15, 0.2) is 16.9 Å². The highest BCUT2D eigenvalue weighted by Crippen LogP contribution is 2.06. The van der Waals surface area contributed by atoms with Crippen molar-refractivity contribution in [2.24, 2.45) is 4.99 Å². The van der Waals surface area contributed by atoms with E-state index in [1.54, 1.807) is 6.20 Å². The lowest BCUT2D eigenvalue weighted by Crippen LogP contribution is -2.23. The fourth-order valence-corrected chi connectivity index (χ4v) is 1.75. The maximum Gasteiger partial charge on any atom is 0.116 e. The summed E-state index contributed by atoms with van der Waals surface area (Å²) in [6.45, 7) is 10.2. The van der Waals surface area contributed by atoms with Gasteiger partial charge in [0, 0.05) is 20.9 Å². The van der Waals surface area contributed by atoms with E-state index in [9.17, 15) is 0 Å². The Bertz CT molecular complexity index is 298. The second-order valence-corrected chi connectivity index (χ2v) is 11.4. The van der Waals surface area contributed by atoms with Crippen LogP contribution in [0, 0.1) is 5.41 Å². The Kier molecular flexibility index (Phi) is 8.37. The van der Waals surface area contributed by atoms with Crippen LogP contribution in [0.3, 0.4) is 0 Å². The summed E-state index contributed by atoms with van der Waals surface area (Å²) in [6, 6.07) is 1.18. The molecule has 0 unspecified atom stereocenters. The van der Waals surface area contributed by atoms with Gasteiger partial charge in [-0.05, 0) is 28.9 Å². The Balaban J connectivity index is 3.63. The Labute approximate surface area is 113 Å². The van der Waals surface area contributed by atoms with Gasteiger partial charge in [0.1, 0.15) is 11.4 Å². The van der Waals surface area contributed by atoms with Crippen LogP contribution < -0.4 is 5.32 Å². The van der Waals surface area contributed by atoms with E-state index in [1.165, 1.54) is 12.3 Å². The van der Waals surface area contributed by atoms with Gasteiger partial charge < -0.3 is 10.1 Å². The van der Waals surface area contributed by atoms with E-state index in [1.807, 2.05) is 6.92 Å². The molecule has 0 aliphatic heterocycles. The monoisotopic (exact) mass is 319 g/mol. The molecule has 2 N–H and O–H groups in total. The Morgan fingerprint density at radius 1 is 1.47 bits per heavy atom. The summed E-state index contributed by atoms with van der Waals surface area (Å²) in [4.78, 5) is 4.03. The SMILES string of the molecule is C/C(=C/NCOCC[Si](C)(C)C)N=CC(=N)Br. The van der Waals surface area contributed by atoms with Crippen molar-refractivity contribution in [1.29, 1.82) is 5.41 Å². The van der Waals surface area contributed by atoms with E-state index < -0.39 is 8.07 Å². The van der Waals surface area contributed by atoms with Crippen molar-refractivity contribution in [1.82, 2.24) is 5.32 Å². The number of allylic oxidation sites excluding steroid dienone is 1. The molecule has 0 aliphatic rings. The number of ether oxygens (including phenoxy) is 1. The van der Waals surface area contributed by atoms with E-state index >= 15 is 0 Å². The van der Waals surface area contributed by atoms with Crippen LogP contribution >= 0.6 is 15.9 Å². The fourth-order valence-electron chi connectivity index (χ4n) is 0.895. The van der Waals surface area contributed by atoms with Gasteiger partial charge in [-0.25, -0.2) is 0 Å². The maximum absolute atomic E-state index is 7.11. The van der Waals surface area contributed by atoms with Crippen LogP contribution in [-0.2, 0) is 4.74 Å². The summed E-state index contributed by atoms with van der Waals surface area (Å²) < 4.78 is 5.72. The van der Waals surface area contributed by atoms with Gasteiger partial charge in [0.15, 0.2) is 0 Å². The zero-order chi connectivity index (χ0) is 13.3. The topological polar surface area (TPSA) is 57.5 Å². The molecule has 4 nitrogen and oxygen atoms in total. The summed E-state index contributed by atoms with van der Waals surface area (Å²) in [7, 11) is -0.985. The molecule has 0 bridgehead atoms. The molecule has 0 aromatic carbocycles. The summed E-state index contributed by atoms with van der Waals surface area (Å²) in [5.41, 5.74) is 0.808. The molecular weight excluding hydrogens is 298 g/mol. The summed E-state index contributed by atoms with van der Waals surface area (Å²) in [5, 5.41) is 10.1. The average molecular weight is 320 g/mol. The Hall–Kier alpha value is -0.463. The quantitative estimate of drug-likeness (QED) is 0.312. The number of rotatable bonds is 8. The molecule has 0 spiro atoms. The molecule has 0 aliphatic carbocycles. The summed E-state index contributed by atoms with van der Waals surface area (Å²) in [5.74, 6) is 0. The highest BCUT2D eigenvalue weighted by Gasteiger charge is 2.11. The van der Waals surface area contributed by atoms with E-state index in [0.29, 0.717) is 6.73 Å². The molecule has 0 fully saturated rings. The summed E-state index contributed by atoms with van der Waals surface area (Å²) in [6.07, 6.45) is 3.22. The van der Waals surface area contributed by atoms with Gasteiger partial charge in [0.05, 0.1) is 11.9 Å². The molecule has 0 amide bonds. The van der Waals surface area contributed by atoms with E-state index in [2.05, 4.69) is 45.9 Å². The molecule has 6 heteroatoms. The third kappa shape index (κ3) is 13.5. The number of halogens is 1. The summed E-state index contributed by atoms with van der Waals surface area (Å²) >= 11 is 2.99. The van der Waals surface area contributed by atoms with Crippen LogP contribution in [0.5, 0.6) is 0 Å². The van der Waals surface area contributed by atoms with Gasteiger partial charge in [-0.1, -0.05) is 19.6 Å². The van der Waals surface area contributed by atoms with E-state index in [4.69, 9.17) is 10.1 Å². The molecule has 0 radical (unpaired) electrons. The zero-order valence-electron chi connectivity index (χ0n) is 11.0.